The zero-order valence-corrected chi connectivity index (χ0v) is 12.7. The first-order valence-electron chi connectivity index (χ1n) is 7.53. The molecule has 1 N–H and O–H groups in total. The summed E-state index contributed by atoms with van der Waals surface area (Å²) >= 11 is 0. The highest BCUT2D eigenvalue weighted by molar-refractivity contribution is 5.47. The van der Waals surface area contributed by atoms with Gasteiger partial charge in [-0.05, 0) is 49.8 Å². The van der Waals surface area contributed by atoms with Crippen molar-refractivity contribution in [2.24, 2.45) is 0 Å². The number of anilines is 1. The molecule has 1 fully saturated rings. The van der Waals surface area contributed by atoms with Gasteiger partial charge < -0.3 is 10.1 Å². The second-order valence-electron chi connectivity index (χ2n) is 6.27. The SMILES string of the molecule is CCC1(C)CC(Nc2cccc(C(C)C)c2)CCO1. The van der Waals surface area contributed by atoms with E-state index >= 15 is 0 Å². The van der Waals surface area contributed by atoms with Crippen molar-refractivity contribution in [2.75, 3.05) is 11.9 Å². The first kappa shape index (κ1) is 14.4. The van der Waals surface area contributed by atoms with E-state index in [1.807, 2.05) is 0 Å². The predicted molar refractivity (Wildman–Crippen MR) is 81.8 cm³/mol. The molecule has 0 saturated carbocycles. The number of rotatable bonds is 4. The summed E-state index contributed by atoms with van der Waals surface area (Å²) < 4.78 is 5.90. The van der Waals surface area contributed by atoms with E-state index in [4.69, 9.17) is 4.74 Å². The molecule has 0 bridgehead atoms. The van der Waals surface area contributed by atoms with Crippen LogP contribution in [0.3, 0.4) is 0 Å². The van der Waals surface area contributed by atoms with Crippen LogP contribution in [-0.4, -0.2) is 18.2 Å². The van der Waals surface area contributed by atoms with Crippen molar-refractivity contribution in [3.8, 4) is 0 Å². The third-order valence-corrected chi connectivity index (χ3v) is 4.27. The quantitative estimate of drug-likeness (QED) is 0.857. The molecule has 0 aliphatic carbocycles. The Morgan fingerprint density at radius 2 is 2.21 bits per heavy atom. The Kier molecular flexibility index (Phi) is 4.51. The lowest BCUT2D eigenvalue weighted by Gasteiger charge is -2.38. The highest BCUT2D eigenvalue weighted by Crippen LogP contribution is 2.30. The maximum atomic E-state index is 5.90. The van der Waals surface area contributed by atoms with Gasteiger partial charge in [-0.15, -0.1) is 0 Å². The summed E-state index contributed by atoms with van der Waals surface area (Å²) in [5.74, 6) is 0.581. The average molecular weight is 261 g/mol. The molecular formula is C17H27NO. The molecule has 2 nitrogen and oxygen atoms in total. The van der Waals surface area contributed by atoms with Crippen LogP contribution in [0.4, 0.5) is 5.69 Å². The van der Waals surface area contributed by atoms with Gasteiger partial charge in [0, 0.05) is 18.3 Å². The molecule has 19 heavy (non-hydrogen) atoms. The molecule has 1 aliphatic rings. The molecule has 0 radical (unpaired) electrons. The second kappa shape index (κ2) is 5.96. The highest BCUT2D eigenvalue weighted by atomic mass is 16.5. The van der Waals surface area contributed by atoms with E-state index in [9.17, 15) is 0 Å². The Balaban J connectivity index is 2.02. The van der Waals surface area contributed by atoms with E-state index in [1.165, 1.54) is 11.3 Å². The van der Waals surface area contributed by atoms with Crippen LogP contribution in [-0.2, 0) is 4.74 Å². The molecule has 1 aromatic rings. The van der Waals surface area contributed by atoms with E-state index in [1.54, 1.807) is 0 Å². The molecule has 1 aromatic carbocycles. The topological polar surface area (TPSA) is 21.3 Å². The minimum Gasteiger partial charge on any atom is -0.382 e. The largest absolute Gasteiger partial charge is 0.382 e. The molecule has 0 aromatic heterocycles. The van der Waals surface area contributed by atoms with Crippen LogP contribution in [0, 0.1) is 0 Å². The zero-order chi connectivity index (χ0) is 13.9. The normalized spacial score (nSPS) is 27.5. The van der Waals surface area contributed by atoms with Gasteiger partial charge in [-0.2, -0.15) is 0 Å². The molecule has 2 atom stereocenters. The third-order valence-electron chi connectivity index (χ3n) is 4.27. The van der Waals surface area contributed by atoms with Crippen molar-refractivity contribution >= 4 is 5.69 Å². The van der Waals surface area contributed by atoms with Crippen LogP contribution in [0.15, 0.2) is 24.3 Å². The highest BCUT2D eigenvalue weighted by Gasteiger charge is 2.31. The molecule has 1 saturated heterocycles. The molecular weight excluding hydrogens is 234 g/mol. The van der Waals surface area contributed by atoms with Crippen molar-refractivity contribution in [2.45, 2.75) is 64.5 Å². The van der Waals surface area contributed by atoms with E-state index in [2.05, 4.69) is 57.3 Å². The lowest BCUT2D eigenvalue weighted by molar-refractivity contribution is -0.0708. The van der Waals surface area contributed by atoms with Gasteiger partial charge in [0.1, 0.15) is 0 Å². The molecule has 0 spiro atoms. The smallest absolute Gasteiger partial charge is 0.0671 e. The van der Waals surface area contributed by atoms with Crippen LogP contribution >= 0.6 is 0 Å². The fourth-order valence-corrected chi connectivity index (χ4v) is 2.72. The first-order chi connectivity index (χ1) is 9.02. The van der Waals surface area contributed by atoms with Gasteiger partial charge in [-0.25, -0.2) is 0 Å². The Bertz CT molecular complexity index is 415. The lowest BCUT2D eigenvalue weighted by atomic mass is 9.89. The first-order valence-corrected chi connectivity index (χ1v) is 7.53. The van der Waals surface area contributed by atoms with E-state index in [0.29, 0.717) is 12.0 Å². The minimum atomic E-state index is 0.0472. The van der Waals surface area contributed by atoms with Gasteiger partial charge in [0.15, 0.2) is 0 Å². The Morgan fingerprint density at radius 1 is 1.42 bits per heavy atom. The summed E-state index contributed by atoms with van der Waals surface area (Å²) in [5, 5.41) is 3.69. The molecule has 2 unspecified atom stereocenters. The zero-order valence-electron chi connectivity index (χ0n) is 12.7. The van der Waals surface area contributed by atoms with Crippen LogP contribution in [0.5, 0.6) is 0 Å². The standard InChI is InChI=1S/C17H27NO/c1-5-17(4)12-16(9-10-19-17)18-15-8-6-7-14(11-15)13(2)3/h6-8,11,13,16,18H,5,9-10,12H2,1-4H3. The van der Waals surface area contributed by atoms with Gasteiger partial charge in [-0.1, -0.05) is 32.9 Å². The molecule has 2 heteroatoms. The van der Waals surface area contributed by atoms with Crippen molar-refractivity contribution in [3.63, 3.8) is 0 Å². The van der Waals surface area contributed by atoms with Gasteiger partial charge in [0.2, 0.25) is 0 Å². The van der Waals surface area contributed by atoms with Crippen molar-refractivity contribution < 1.29 is 4.74 Å². The van der Waals surface area contributed by atoms with E-state index < -0.39 is 0 Å². The number of benzene rings is 1. The summed E-state index contributed by atoms with van der Waals surface area (Å²) in [4.78, 5) is 0. The molecule has 0 amide bonds. The van der Waals surface area contributed by atoms with E-state index in [0.717, 1.165) is 25.9 Å². The van der Waals surface area contributed by atoms with Crippen molar-refractivity contribution in [1.29, 1.82) is 0 Å². The monoisotopic (exact) mass is 261 g/mol. The number of hydrogen-bond acceptors (Lipinski definition) is 2. The number of hydrogen-bond donors (Lipinski definition) is 1. The average Bonchev–Trinajstić information content (AvgIpc) is 2.39. The summed E-state index contributed by atoms with van der Waals surface area (Å²) in [6.07, 6.45) is 3.27. The fourth-order valence-electron chi connectivity index (χ4n) is 2.72. The second-order valence-corrected chi connectivity index (χ2v) is 6.27. The maximum Gasteiger partial charge on any atom is 0.0671 e. The van der Waals surface area contributed by atoms with Gasteiger partial charge >= 0.3 is 0 Å². The van der Waals surface area contributed by atoms with Crippen LogP contribution in [0.25, 0.3) is 0 Å². The van der Waals surface area contributed by atoms with Crippen LogP contribution in [0.2, 0.25) is 0 Å². The Morgan fingerprint density at radius 3 is 2.89 bits per heavy atom. The molecule has 2 rings (SSSR count). The van der Waals surface area contributed by atoms with Crippen molar-refractivity contribution in [1.82, 2.24) is 0 Å². The molecule has 106 valence electrons. The van der Waals surface area contributed by atoms with Crippen molar-refractivity contribution in [3.05, 3.63) is 29.8 Å². The summed E-state index contributed by atoms with van der Waals surface area (Å²) in [6, 6.07) is 9.33. The summed E-state index contributed by atoms with van der Waals surface area (Å²) in [7, 11) is 0. The van der Waals surface area contributed by atoms with E-state index in [-0.39, 0.29) is 5.60 Å². The Hall–Kier alpha value is -1.02. The third kappa shape index (κ3) is 3.73. The lowest BCUT2D eigenvalue weighted by Crippen LogP contribution is -2.41. The predicted octanol–water partition coefficient (Wildman–Crippen LogP) is 4.57. The fraction of sp³-hybridized carbons (Fsp3) is 0.647. The number of ether oxygens (including phenoxy) is 1. The summed E-state index contributed by atoms with van der Waals surface area (Å²) in [5.41, 5.74) is 2.69. The van der Waals surface area contributed by atoms with Gasteiger partial charge in [0.25, 0.3) is 0 Å². The van der Waals surface area contributed by atoms with Gasteiger partial charge in [-0.3, -0.25) is 0 Å². The molecule has 1 aliphatic heterocycles. The minimum absolute atomic E-state index is 0.0472. The van der Waals surface area contributed by atoms with Crippen LogP contribution in [0.1, 0.15) is 58.4 Å². The molecule has 1 heterocycles. The Labute approximate surface area is 117 Å². The number of nitrogens with one attached hydrogen (secondary N) is 1. The van der Waals surface area contributed by atoms with Gasteiger partial charge in [0.05, 0.1) is 5.60 Å². The maximum absolute atomic E-state index is 5.90. The summed E-state index contributed by atoms with van der Waals surface area (Å²) in [6.45, 7) is 9.78. The van der Waals surface area contributed by atoms with Crippen LogP contribution < -0.4 is 5.32 Å².